The zero-order valence-corrected chi connectivity index (χ0v) is 20.7. The molecule has 0 aromatic heterocycles. The first kappa shape index (κ1) is 26.2. The molecule has 0 unspecified atom stereocenters. The molecule has 1 atom stereocenters. The van der Waals surface area contributed by atoms with Gasteiger partial charge in [0.1, 0.15) is 18.3 Å². The Morgan fingerprint density at radius 3 is 2.24 bits per heavy atom. The molecule has 2 aromatic carbocycles. The Kier molecular flexibility index (Phi) is 9.28. The number of nitrogens with zero attached hydrogens (tertiary/aromatic N) is 2. The summed E-state index contributed by atoms with van der Waals surface area (Å²) in [7, 11) is -0.681. The lowest BCUT2D eigenvalue weighted by molar-refractivity contribution is -0.140. The van der Waals surface area contributed by atoms with Gasteiger partial charge >= 0.3 is 0 Å². The molecular weight excluding hydrogens is 442 g/mol. The summed E-state index contributed by atoms with van der Waals surface area (Å²) < 4.78 is 31.5. The van der Waals surface area contributed by atoms with Crippen LogP contribution in [0.2, 0.25) is 0 Å². The minimum Gasteiger partial charge on any atom is -0.497 e. The van der Waals surface area contributed by atoms with Crippen molar-refractivity contribution in [2.75, 3.05) is 31.3 Å². The maximum absolute atomic E-state index is 13.5. The molecule has 2 rings (SSSR count). The lowest BCUT2D eigenvalue weighted by atomic mass is 10.1. The van der Waals surface area contributed by atoms with Crippen LogP contribution in [0.3, 0.4) is 0 Å². The smallest absolute Gasteiger partial charge is 0.244 e. The van der Waals surface area contributed by atoms with Crippen LogP contribution in [-0.4, -0.2) is 58.1 Å². The van der Waals surface area contributed by atoms with Crippen LogP contribution >= 0.6 is 0 Å². The van der Waals surface area contributed by atoms with Gasteiger partial charge in [0.05, 0.1) is 19.1 Å². The summed E-state index contributed by atoms with van der Waals surface area (Å²) in [4.78, 5) is 27.5. The van der Waals surface area contributed by atoms with E-state index in [1.807, 2.05) is 32.0 Å². The SMILES string of the molecule is CCc1ccc(N(CC(=O)N(Cc2cccc(OC)c2)[C@H](CC)C(=O)NC)S(C)(=O)=O)cc1. The number of aryl methyl sites for hydroxylation is 1. The molecule has 2 aromatic rings. The first-order valence-corrected chi connectivity index (χ1v) is 12.7. The van der Waals surface area contributed by atoms with E-state index in [2.05, 4.69) is 5.32 Å². The zero-order chi connectivity index (χ0) is 24.6. The van der Waals surface area contributed by atoms with Gasteiger partial charge in [-0.1, -0.05) is 38.1 Å². The van der Waals surface area contributed by atoms with E-state index in [1.54, 1.807) is 37.4 Å². The Morgan fingerprint density at radius 1 is 1.06 bits per heavy atom. The van der Waals surface area contributed by atoms with Crippen LogP contribution in [0, 0.1) is 0 Å². The topological polar surface area (TPSA) is 96.0 Å². The molecule has 0 fully saturated rings. The fourth-order valence-corrected chi connectivity index (χ4v) is 4.41. The number of sulfonamides is 1. The molecule has 0 aliphatic carbocycles. The van der Waals surface area contributed by atoms with E-state index in [1.165, 1.54) is 11.9 Å². The highest BCUT2D eigenvalue weighted by Crippen LogP contribution is 2.21. The Hall–Kier alpha value is -3.07. The summed E-state index contributed by atoms with van der Waals surface area (Å²) in [6.45, 7) is 3.53. The summed E-state index contributed by atoms with van der Waals surface area (Å²) in [5.74, 6) is -0.160. The van der Waals surface area contributed by atoms with Crippen LogP contribution in [-0.2, 0) is 32.6 Å². The molecule has 1 N–H and O–H groups in total. The van der Waals surface area contributed by atoms with Crippen molar-refractivity contribution < 1.29 is 22.7 Å². The van der Waals surface area contributed by atoms with Crippen molar-refractivity contribution in [3.05, 3.63) is 59.7 Å². The second kappa shape index (κ2) is 11.7. The number of ether oxygens (including phenoxy) is 1. The number of anilines is 1. The van der Waals surface area contributed by atoms with E-state index < -0.39 is 28.5 Å². The molecule has 9 heteroatoms. The molecule has 8 nitrogen and oxygen atoms in total. The number of amides is 2. The number of hydrogen-bond donors (Lipinski definition) is 1. The van der Waals surface area contributed by atoms with Crippen molar-refractivity contribution in [3.63, 3.8) is 0 Å². The van der Waals surface area contributed by atoms with E-state index in [0.717, 1.165) is 28.1 Å². The molecule has 0 saturated heterocycles. The van der Waals surface area contributed by atoms with Gasteiger partial charge in [-0.15, -0.1) is 0 Å². The monoisotopic (exact) mass is 475 g/mol. The summed E-state index contributed by atoms with van der Waals surface area (Å²) in [5, 5.41) is 2.60. The van der Waals surface area contributed by atoms with Crippen molar-refractivity contribution in [2.45, 2.75) is 39.3 Å². The van der Waals surface area contributed by atoms with Crippen molar-refractivity contribution in [3.8, 4) is 5.75 Å². The van der Waals surface area contributed by atoms with Crippen molar-refractivity contribution in [2.24, 2.45) is 0 Å². The number of benzene rings is 2. The first-order chi connectivity index (χ1) is 15.6. The standard InChI is InChI=1S/C24H33N3O5S/c1-6-18-11-13-20(14-12-18)27(33(5,30)31)17-23(28)26(22(7-2)24(29)25-3)16-19-9-8-10-21(15-19)32-4/h8-15,22H,6-7,16-17H2,1-5H3,(H,25,29)/t22-/m1/s1. The quantitative estimate of drug-likeness (QED) is 0.539. The normalized spacial score (nSPS) is 12.0. The Labute approximate surface area is 196 Å². The largest absolute Gasteiger partial charge is 0.497 e. The van der Waals surface area contributed by atoms with Gasteiger partial charge < -0.3 is 15.0 Å². The molecule has 33 heavy (non-hydrogen) atoms. The number of rotatable bonds is 11. The van der Waals surface area contributed by atoms with Crippen LogP contribution < -0.4 is 14.4 Å². The third-order valence-electron chi connectivity index (χ3n) is 5.43. The molecular formula is C24H33N3O5S. The van der Waals surface area contributed by atoms with Crippen LogP contribution in [0.15, 0.2) is 48.5 Å². The molecule has 0 saturated carbocycles. The second-order valence-corrected chi connectivity index (χ2v) is 9.61. The Morgan fingerprint density at radius 2 is 1.73 bits per heavy atom. The van der Waals surface area contributed by atoms with E-state index in [-0.39, 0.29) is 12.5 Å². The van der Waals surface area contributed by atoms with Crippen molar-refractivity contribution >= 4 is 27.5 Å². The number of hydrogen-bond acceptors (Lipinski definition) is 5. The van der Waals surface area contributed by atoms with Crippen molar-refractivity contribution in [1.29, 1.82) is 0 Å². The fourth-order valence-electron chi connectivity index (χ4n) is 3.57. The highest BCUT2D eigenvalue weighted by Gasteiger charge is 2.31. The van der Waals surface area contributed by atoms with E-state index in [9.17, 15) is 18.0 Å². The molecule has 0 bridgehead atoms. The maximum atomic E-state index is 13.5. The van der Waals surface area contributed by atoms with E-state index >= 15 is 0 Å². The number of methoxy groups -OCH3 is 1. The van der Waals surface area contributed by atoms with E-state index in [0.29, 0.717) is 17.9 Å². The summed E-state index contributed by atoms with van der Waals surface area (Å²) in [6.07, 6.45) is 2.26. The number of carbonyl (C=O) groups is 2. The zero-order valence-electron chi connectivity index (χ0n) is 19.9. The lowest BCUT2D eigenvalue weighted by Gasteiger charge is -2.32. The average molecular weight is 476 g/mol. The fraction of sp³-hybridized carbons (Fsp3) is 0.417. The predicted octanol–water partition coefficient (Wildman–Crippen LogP) is 2.58. The molecule has 0 spiro atoms. The van der Waals surface area contributed by atoms with Gasteiger partial charge in [0.15, 0.2) is 0 Å². The van der Waals surface area contributed by atoms with Crippen LogP contribution in [0.25, 0.3) is 0 Å². The van der Waals surface area contributed by atoms with Crippen LogP contribution in [0.4, 0.5) is 5.69 Å². The minimum absolute atomic E-state index is 0.133. The van der Waals surface area contributed by atoms with Gasteiger partial charge in [0, 0.05) is 13.6 Å². The number of nitrogens with one attached hydrogen (secondary N) is 1. The van der Waals surface area contributed by atoms with Gasteiger partial charge in [0.25, 0.3) is 0 Å². The molecule has 2 amide bonds. The van der Waals surface area contributed by atoms with Gasteiger partial charge in [-0.3, -0.25) is 13.9 Å². The third kappa shape index (κ3) is 6.95. The third-order valence-corrected chi connectivity index (χ3v) is 6.57. The highest BCUT2D eigenvalue weighted by molar-refractivity contribution is 7.92. The Balaban J connectivity index is 2.42. The average Bonchev–Trinajstić information content (AvgIpc) is 2.81. The van der Waals surface area contributed by atoms with Gasteiger partial charge in [-0.05, 0) is 48.2 Å². The van der Waals surface area contributed by atoms with Crippen LogP contribution in [0.5, 0.6) is 5.75 Å². The summed E-state index contributed by atoms with van der Waals surface area (Å²) in [6, 6.07) is 13.5. The van der Waals surface area contributed by atoms with Crippen LogP contribution in [0.1, 0.15) is 31.4 Å². The van der Waals surface area contributed by atoms with E-state index in [4.69, 9.17) is 4.74 Å². The van der Waals surface area contributed by atoms with Gasteiger partial charge in [-0.2, -0.15) is 0 Å². The highest BCUT2D eigenvalue weighted by atomic mass is 32.2. The van der Waals surface area contributed by atoms with Gasteiger partial charge in [0.2, 0.25) is 21.8 Å². The second-order valence-electron chi connectivity index (χ2n) is 7.70. The predicted molar refractivity (Wildman–Crippen MR) is 130 cm³/mol. The molecule has 0 heterocycles. The minimum atomic E-state index is -3.74. The molecule has 0 radical (unpaired) electrons. The van der Waals surface area contributed by atoms with Gasteiger partial charge in [-0.25, -0.2) is 8.42 Å². The molecule has 0 aliphatic heterocycles. The molecule has 180 valence electrons. The number of likely N-dealkylation sites (N-methyl/N-ethyl adjacent to an activating group) is 1. The number of carbonyl (C=O) groups excluding carboxylic acids is 2. The summed E-state index contributed by atoms with van der Waals surface area (Å²) >= 11 is 0. The Bertz CT molecular complexity index is 1050. The van der Waals surface area contributed by atoms with Crippen molar-refractivity contribution in [1.82, 2.24) is 10.2 Å². The lowest BCUT2D eigenvalue weighted by Crippen LogP contribution is -2.51. The first-order valence-electron chi connectivity index (χ1n) is 10.8. The molecule has 0 aliphatic rings. The summed E-state index contributed by atoms with van der Waals surface area (Å²) in [5.41, 5.74) is 2.23. The maximum Gasteiger partial charge on any atom is 0.244 e.